The highest BCUT2D eigenvalue weighted by Crippen LogP contribution is 2.21. The normalized spacial score (nSPS) is 13.1. The predicted molar refractivity (Wildman–Crippen MR) is 85.8 cm³/mol. The highest BCUT2D eigenvalue weighted by molar-refractivity contribution is 7.17. The van der Waals surface area contributed by atoms with Crippen LogP contribution in [0.2, 0.25) is 0 Å². The third kappa shape index (κ3) is 1.99. The lowest BCUT2D eigenvalue weighted by atomic mass is 10.2. The fourth-order valence-electron chi connectivity index (χ4n) is 2.27. The summed E-state index contributed by atoms with van der Waals surface area (Å²) in [7, 11) is 0. The number of nitrogens with one attached hydrogen (secondary N) is 1. The van der Waals surface area contributed by atoms with Crippen molar-refractivity contribution in [2.45, 2.75) is 27.2 Å². The van der Waals surface area contributed by atoms with E-state index in [1.807, 2.05) is 26.8 Å². The zero-order chi connectivity index (χ0) is 14.4. The van der Waals surface area contributed by atoms with E-state index in [1.54, 1.807) is 0 Å². The van der Waals surface area contributed by atoms with E-state index >= 15 is 0 Å². The Morgan fingerprint density at radius 3 is 2.65 bits per heavy atom. The maximum atomic E-state index is 12.1. The summed E-state index contributed by atoms with van der Waals surface area (Å²) in [4.78, 5) is 33.2. The second kappa shape index (κ2) is 4.79. The number of fused-ring (bicyclic) bond motifs is 2. The lowest BCUT2D eigenvalue weighted by molar-refractivity contribution is 0.881. The predicted octanol–water partition coefficient (Wildman–Crippen LogP) is 2.28. The number of nitrogens with zero attached hydrogens (tertiary/aromatic N) is 1. The molecule has 104 valence electrons. The van der Waals surface area contributed by atoms with Gasteiger partial charge in [0.05, 0.1) is 10.7 Å². The summed E-state index contributed by atoms with van der Waals surface area (Å²) >= 11 is 2.31. The van der Waals surface area contributed by atoms with Crippen molar-refractivity contribution < 1.29 is 0 Å². The van der Waals surface area contributed by atoms with Crippen molar-refractivity contribution in [1.29, 1.82) is 0 Å². The molecule has 0 bridgehead atoms. The van der Waals surface area contributed by atoms with Crippen LogP contribution in [0.3, 0.4) is 0 Å². The van der Waals surface area contributed by atoms with Crippen LogP contribution in [0, 0.1) is 5.92 Å². The molecule has 20 heavy (non-hydrogen) atoms. The summed E-state index contributed by atoms with van der Waals surface area (Å²) in [5.41, 5.74) is 2.23. The van der Waals surface area contributed by atoms with E-state index in [0.29, 0.717) is 22.0 Å². The van der Waals surface area contributed by atoms with Crippen LogP contribution in [0.1, 0.15) is 26.3 Å². The number of hydrogen-bond donors (Lipinski definition) is 1. The number of aromatic nitrogens is 2. The van der Waals surface area contributed by atoms with Crippen LogP contribution in [0.15, 0.2) is 9.59 Å². The van der Waals surface area contributed by atoms with Gasteiger partial charge in [0.2, 0.25) is 9.48 Å². The summed E-state index contributed by atoms with van der Waals surface area (Å²) in [6.07, 6.45) is 2.60. The molecule has 0 atom stereocenters. The van der Waals surface area contributed by atoms with Crippen molar-refractivity contribution in [1.82, 2.24) is 9.97 Å². The third-order valence-corrected chi connectivity index (χ3v) is 4.97. The first kappa shape index (κ1) is 13.5. The lowest BCUT2D eigenvalue weighted by Gasteiger charge is -1.96. The van der Waals surface area contributed by atoms with Gasteiger partial charge in [-0.3, -0.25) is 9.59 Å². The quantitative estimate of drug-likeness (QED) is 0.790. The Kier molecular flexibility index (Phi) is 3.22. The SMILES string of the molecule is CCc1c(=O)sc2nc3c(=CC(C)C)c(=O)sc3[nH]c12. The Hall–Kier alpha value is -1.53. The van der Waals surface area contributed by atoms with Crippen molar-refractivity contribution in [3.63, 3.8) is 0 Å². The fourth-order valence-corrected chi connectivity index (χ4v) is 4.09. The molecule has 0 unspecified atom stereocenters. The van der Waals surface area contributed by atoms with Crippen molar-refractivity contribution in [3.8, 4) is 0 Å². The zero-order valence-electron chi connectivity index (χ0n) is 11.4. The second-order valence-corrected chi connectivity index (χ2v) is 6.97. The monoisotopic (exact) mass is 306 g/mol. The molecule has 3 aromatic rings. The molecular formula is C14H14N2O2S2. The van der Waals surface area contributed by atoms with Gasteiger partial charge in [0.15, 0.2) is 0 Å². The molecule has 6 heteroatoms. The third-order valence-electron chi connectivity index (χ3n) is 3.14. The molecule has 0 spiro atoms. The Balaban J connectivity index is 2.48. The van der Waals surface area contributed by atoms with Crippen LogP contribution < -0.4 is 14.7 Å². The number of H-pyrrole nitrogens is 1. The molecule has 1 N–H and O–H groups in total. The highest BCUT2D eigenvalue weighted by atomic mass is 32.1. The van der Waals surface area contributed by atoms with Crippen LogP contribution >= 0.6 is 22.7 Å². The average Bonchev–Trinajstić information content (AvgIpc) is 2.83. The molecule has 3 rings (SSSR count). The molecule has 0 aliphatic rings. The van der Waals surface area contributed by atoms with Crippen molar-refractivity contribution in [2.75, 3.05) is 0 Å². The molecule has 4 nitrogen and oxygen atoms in total. The zero-order valence-corrected chi connectivity index (χ0v) is 13.1. The Labute approximate surface area is 122 Å². The molecule has 0 aromatic carbocycles. The van der Waals surface area contributed by atoms with Gasteiger partial charge in [-0.2, -0.15) is 0 Å². The standard InChI is InChI=1S/C14H14N2O2S2/c1-4-7-9-11(19-13(7)17)16-10-8(5-6(2)3)14(18)20-12(10)15-9/h5-6,15H,4H2,1-3H3. The van der Waals surface area contributed by atoms with E-state index in [4.69, 9.17) is 0 Å². The number of rotatable bonds is 2. The van der Waals surface area contributed by atoms with Gasteiger partial charge in [-0.25, -0.2) is 4.98 Å². The minimum atomic E-state index is 0.0236. The molecule has 0 amide bonds. The Morgan fingerprint density at radius 2 is 2.00 bits per heavy atom. The van der Waals surface area contributed by atoms with Gasteiger partial charge in [0.25, 0.3) is 0 Å². The molecule has 0 aliphatic carbocycles. The van der Waals surface area contributed by atoms with E-state index in [9.17, 15) is 9.59 Å². The maximum Gasteiger partial charge on any atom is 0.243 e. The van der Waals surface area contributed by atoms with Crippen LogP contribution in [0.25, 0.3) is 26.8 Å². The number of aromatic amines is 1. The second-order valence-electron chi connectivity index (χ2n) is 5.03. The first-order chi connectivity index (χ1) is 9.51. The molecular weight excluding hydrogens is 292 g/mol. The largest absolute Gasteiger partial charge is 0.343 e. The Bertz CT molecular complexity index is 963. The minimum Gasteiger partial charge on any atom is -0.343 e. The van der Waals surface area contributed by atoms with E-state index < -0.39 is 0 Å². The molecule has 0 fully saturated rings. The summed E-state index contributed by atoms with van der Waals surface area (Å²) in [5.74, 6) is 0.280. The first-order valence-corrected chi connectivity index (χ1v) is 8.14. The molecule has 0 saturated heterocycles. The van der Waals surface area contributed by atoms with Gasteiger partial charge < -0.3 is 4.98 Å². The maximum absolute atomic E-state index is 12.1. The summed E-state index contributed by atoms with van der Waals surface area (Å²) in [6, 6.07) is 0. The van der Waals surface area contributed by atoms with E-state index in [1.165, 1.54) is 0 Å². The average molecular weight is 306 g/mol. The minimum absolute atomic E-state index is 0.0236. The first-order valence-electron chi connectivity index (χ1n) is 6.51. The fraction of sp³-hybridized carbons (Fsp3) is 0.357. The van der Waals surface area contributed by atoms with Crippen LogP contribution in [0.4, 0.5) is 0 Å². The van der Waals surface area contributed by atoms with Crippen LogP contribution in [-0.2, 0) is 6.42 Å². The summed E-state index contributed by atoms with van der Waals surface area (Å²) in [5, 5.41) is 0.650. The van der Waals surface area contributed by atoms with Gasteiger partial charge >= 0.3 is 0 Å². The molecule has 3 heterocycles. The van der Waals surface area contributed by atoms with Crippen molar-refractivity contribution in [3.05, 3.63) is 29.9 Å². The lowest BCUT2D eigenvalue weighted by Crippen LogP contribution is -2.18. The number of hydrogen-bond acceptors (Lipinski definition) is 5. The van der Waals surface area contributed by atoms with Crippen LogP contribution in [0.5, 0.6) is 0 Å². The van der Waals surface area contributed by atoms with Gasteiger partial charge in [0.1, 0.15) is 15.2 Å². The van der Waals surface area contributed by atoms with E-state index in [2.05, 4.69) is 9.97 Å². The molecule has 0 aliphatic heterocycles. The molecule has 3 aromatic heterocycles. The van der Waals surface area contributed by atoms with Gasteiger partial charge in [-0.15, -0.1) is 0 Å². The highest BCUT2D eigenvalue weighted by Gasteiger charge is 2.14. The van der Waals surface area contributed by atoms with E-state index in [0.717, 1.165) is 38.6 Å². The van der Waals surface area contributed by atoms with Gasteiger partial charge in [-0.1, -0.05) is 49.5 Å². The molecule has 0 radical (unpaired) electrons. The van der Waals surface area contributed by atoms with Crippen molar-refractivity contribution >= 4 is 49.4 Å². The molecule has 0 saturated carbocycles. The number of aryl methyl sites for hydroxylation is 1. The topological polar surface area (TPSA) is 62.8 Å². The summed E-state index contributed by atoms with van der Waals surface area (Å²) < 4.78 is 0.0798. The summed E-state index contributed by atoms with van der Waals surface area (Å²) in [6.45, 7) is 6.01. The van der Waals surface area contributed by atoms with Gasteiger partial charge in [0, 0.05) is 5.56 Å². The van der Waals surface area contributed by atoms with Gasteiger partial charge in [-0.05, 0) is 12.3 Å². The van der Waals surface area contributed by atoms with Crippen molar-refractivity contribution in [2.24, 2.45) is 5.92 Å². The smallest absolute Gasteiger partial charge is 0.243 e. The van der Waals surface area contributed by atoms with E-state index in [-0.39, 0.29) is 15.4 Å². The Morgan fingerprint density at radius 1 is 1.25 bits per heavy atom. The van der Waals surface area contributed by atoms with Crippen LogP contribution in [-0.4, -0.2) is 9.97 Å². The number of thiophene rings is 2.